The molecule has 1 atom stereocenters. The predicted molar refractivity (Wildman–Crippen MR) is 137 cm³/mol. The molecule has 0 unspecified atom stereocenters. The second-order valence-electron chi connectivity index (χ2n) is 8.68. The van der Waals surface area contributed by atoms with E-state index in [2.05, 4.69) is 20.3 Å². The number of piperidine rings is 1. The van der Waals surface area contributed by atoms with E-state index in [1.807, 2.05) is 30.3 Å². The standard InChI is InChI=1S/C25H24F3N5O4S/c1-38(36,37)32-21-14-18(10-11-19(21)16-6-3-2-4-7-16)33-13-5-8-20(23(33)34)30-24(35)31-22-12-9-17(15-29-22)25(26,27)28/h2-4,6-7,9-12,14-15,20,32H,5,8,13H2,1H3,(H2,29,30,31,35)/t20-/m1/s1. The van der Waals surface area contributed by atoms with Crippen LogP contribution in [0.2, 0.25) is 0 Å². The van der Waals surface area contributed by atoms with Crippen LogP contribution in [0, 0.1) is 0 Å². The molecule has 0 aliphatic carbocycles. The number of amides is 3. The molecule has 2 aromatic carbocycles. The molecule has 4 rings (SSSR count). The van der Waals surface area contributed by atoms with Crippen LogP contribution in [0.5, 0.6) is 0 Å². The van der Waals surface area contributed by atoms with Gasteiger partial charge in [-0.05, 0) is 42.7 Å². The normalized spacial score (nSPS) is 16.2. The van der Waals surface area contributed by atoms with Crippen molar-refractivity contribution in [2.75, 3.05) is 27.7 Å². The number of alkyl halides is 3. The zero-order chi connectivity index (χ0) is 27.5. The first-order valence-electron chi connectivity index (χ1n) is 11.5. The van der Waals surface area contributed by atoms with Crippen LogP contribution in [-0.2, 0) is 21.0 Å². The van der Waals surface area contributed by atoms with Crippen molar-refractivity contribution in [1.82, 2.24) is 10.3 Å². The Hall–Kier alpha value is -4.13. The summed E-state index contributed by atoms with van der Waals surface area (Å²) in [5, 5.41) is 4.86. The zero-order valence-electron chi connectivity index (χ0n) is 20.1. The maximum atomic E-state index is 13.2. The smallest absolute Gasteiger partial charge is 0.326 e. The summed E-state index contributed by atoms with van der Waals surface area (Å²) in [6, 6.07) is 14.2. The summed E-state index contributed by atoms with van der Waals surface area (Å²) in [6.45, 7) is 0.349. The molecule has 0 saturated carbocycles. The molecule has 3 aromatic rings. The summed E-state index contributed by atoms with van der Waals surface area (Å²) in [5.41, 5.74) is 1.19. The first-order valence-corrected chi connectivity index (χ1v) is 13.4. The van der Waals surface area contributed by atoms with Crippen LogP contribution in [0.25, 0.3) is 11.1 Å². The molecule has 1 aromatic heterocycles. The Bertz CT molecular complexity index is 1430. The van der Waals surface area contributed by atoms with Gasteiger partial charge in [-0.2, -0.15) is 13.2 Å². The number of rotatable bonds is 6. The van der Waals surface area contributed by atoms with Crippen molar-refractivity contribution in [2.24, 2.45) is 0 Å². The van der Waals surface area contributed by atoms with E-state index in [1.165, 1.54) is 4.90 Å². The third-order valence-electron chi connectivity index (χ3n) is 5.77. The third-order valence-corrected chi connectivity index (χ3v) is 6.36. The van der Waals surface area contributed by atoms with Crippen LogP contribution >= 0.6 is 0 Å². The van der Waals surface area contributed by atoms with Crippen molar-refractivity contribution in [3.05, 3.63) is 72.4 Å². The molecule has 38 heavy (non-hydrogen) atoms. The minimum Gasteiger partial charge on any atom is -0.326 e. The molecule has 1 fully saturated rings. The van der Waals surface area contributed by atoms with Crippen LogP contribution in [0.3, 0.4) is 0 Å². The Balaban J connectivity index is 1.50. The summed E-state index contributed by atoms with van der Waals surface area (Å²) in [6.07, 6.45) is -2.03. The van der Waals surface area contributed by atoms with E-state index in [0.717, 1.165) is 24.0 Å². The van der Waals surface area contributed by atoms with Gasteiger partial charge in [-0.1, -0.05) is 36.4 Å². The number of nitrogens with one attached hydrogen (secondary N) is 3. The van der Waals surface area contributed by atoms with Gasteiger partial charge >= 0.3 is 12.2 Å². The van der Waals surface area contributed by atoms with E-state index < -0.39 is 39.7 Å². The molecular formula is C25H24F3N5O4S. The van der Waals surface area contributed by atoms with Gasteiger partial charge in [0.15, 0.2) is 0 Å². The van der Waals surface area contributed by atoms with E-state index in [4.69, 9.17) is 0 Å². The molecule has 0 spiro atoms. The minimum absolute atomic E-state index is 0.108. The van der Waals surface area contributed by atoms with E-state index in [0.29, 0.717) is 42.5 Å². The molecule has 0 radical (unpaired) electrons. The SMILES string of the molecule is CS(=O)(=O)Nc1cc(N2CCC[C@@H](NC(=O)Nc3ccc(C(F)(F)F)cn3)C2=O)ccc1-c1ccccc1. The van der Waals surface area contributed by atoms with E-state index in [-0.39, 0.29) is 5.82 Å². The number of halogens is 3. The fourth-order valence-corrected chi connectivity index (χ4v) is 4.63. The quantitative estimate of drug-likeness (QED) is 0.421. The van der Waals surface area contributed by atoms with Gasteiger partial charge in [0.2, 0.25) is 15.9 Å². The Morgan fingerprint density at radius 3 is 2.45 bits per heavy atom. The lowest BCUT2D eigenvalue weighted by Gasteiger charge is -2.33. The number of hydrogen-bond donors (Lipinski definition) is 3. The Morgan fingerprint density at radius 1 is 1.08 bits per heavy atom. The third kappa shape index (κ3) is 6.59. The highest BCUT2D eigenvalue weighted by atomic mass is 32.2. The van der Waals surface area contributed by atoms with Crippen molar-refractivity contribution in [3.8, 4) is 11.1 Å². The fourth-order valence-electron chi connectivity index (χ4n) is 4.07. The highest BCUT2D eigenvalue weighted by Crippen LogP contribution is 2.34. The molecular weight excluding hydrogens is 523 g/mol. The van der Waals surface area contributed by atoms with Crippen LogP contribution < -0.4 is 20.3 Å². The predicted octanol–water partition coefficient (Wildman–Crippen LogP) is 4.46. The Labute approximate surface area is 217 Å². The zero-order valence-corrected chi connectivity index (χ0v) is 20.9. The van der Waals surface area contributed by atoms with Gasteiger partial charge in [0, 0.05) is 24.0 Å². The van der Waals surface area contributed by atoms with Crippen LogP contribution in [-0.4, -0.2) is 44.2 Å². The fraction of sp³-hybridized carbons (Fsp3) is 0.240. The number of anilines is 3. The number of carbonyl (C=O) groups is 2. The van der Waals surface area contributed by atoms with Gasteiger partial charge in [0.1, 0.15) is 11.9 Å². The average Bonchev–Trinajstić information content (AvgIpc) is 2.84. The first kappa shape index (κ1) is 26.9. The maximum absolute atomic E-state index is 13.2. The highest BCUT2D eigenvalue weighted by Gasteiger charge is 2.32. The number of sulfonamides is 1. The molecule has 200 valence electrons. The van der Waals surface area contributed by atoms with Gasteiger partial charge in [-0.3, -0.25) is 14.8 Å². The molecule has 9 nitrogen and oxygen atoms in total. The molecule has 3 N–H and O–H groups in total. The lowest BCUT2D eigenvalue weighted by Crippen LogP contribution is -2.53. The monoisotopic (exact) mass is 547 g/mol. The van der Waals surface area contributed by atoms with Gasteiger partial charge in [-0.15, -0.1) is 0 Å². The molecule has 1 aliphatic heterocycles. The largest absolute Gasteiger partial charge is 0.417 e. The van der Waals surface area contributed by atoms with Crippen LogP contribution in [0.4, 0.5) is 35.2 Å². The lowest BCUT2D eigenvalue weighted by molar-refractivity contribution is -0.137. The van der Waals surface area contributed by atoms with Gasteiger partial charge in [0.25, 0.3) is 0 Å². The van der Waals surface area contributed by atoms with Crippen molar-refractivity contribution >= 4 is 39.2 Å². The maximum Gasteiger partial charge on any atom is 0.417 e. The van der Waals surface area contributed by atoms with Crippen LogP contribution in [0.15, 0.2) is 66.9 Å². The highest BCUT2D eigenvalue weighted by molar-refractivity contribution is 7.92. The van der Waals surface area contributed by atoms with Crippen molar-refractivity contribution in [2.45, 2.75) is 25.1 Å². The van der Waals surface area contributed by atoms with E-state index >= 15 is 0 Å². The lowest BCUT2D eigenvalue weighted by atomic mass is 10.0. The molecule has 1 saturated heterocycles. The van der Waals surface area contributed by atoms with Crippen molar-refractivity contribution in [3.63, 3.8) is 0 Å². The summed E-state index contributed by atoms with van der Waals surface area (Å²) < 4.78 is 64.7. The number of carbonyl (C=O) groups excluding carboxylic acids is 2. The molecule has 3 amide bonds. The Morgan fingerprint density at radius 2 is 1.82 bits per heavy atom. The van der Waals surface area contributed by atoms with Gasteiger partial charge < -0.3 is 10.2 Å². The molecule has 13 heteroatoms. The molecule has 0 bridgehead atoms. The van der Waals surface area contributed by atoms with E-state index in [1.54, 1.807) is 18.2 Å². The number of aromatic nitrogens is 1. The second-order valence-corrected chi connectivity index (χ2v) is 10.4. The number of pyridine rings is 1. The summed E-state index contributed by atoms with van der Waals surface area (Å²) in [7, 11) is -3.62. The van der Waals surface area contributed by atoms with Gasteiger partial charge in [-0.25, -0.2) is 18.2 Å². The number of urea groups is 1. The topological polar surface area (TPSA) is 120 Å². The average molecular weight is 548 g/mol. The van der Waals surface area contributed by atoms with Gasteiger partial charge in [0.05, 0.1) is 17.5 Å². The minimum atomic E-state index is -4.55. The molecule has 1 aliphatic rings. The second kappa shape index (κ2) is 10.7. The number of benzene rings is 2. The van der Waals surface area contributed by atoms with Crippen molar-refractivity contribution < 1.29 is 31.2 Å². The number of hydrogen-bond acceptors (Lipinski definition) is 5. The van der Waals surface area contributed by atoms with Crippen molar-refractivity contribution in [1.29, 1.82) is 0 Å². The van der Waals surface area contributed by atoms with E-state index in [9.17, 15) is 31.2 Å². The molecule has 2 heterocycles. The number of nitrogens with zero attached hydrogens (tertiary/aromatic N) is 2. The first-order chi connectivity index (χ1) is 17.9. The summed E-state index contributed by atoms with van der Waals surface area (Å²) >= 11 is 0. The van der Waals surface area contributed by atoms with Crippen LogP contribution in [0.1, 0.15) is 18.4 Å². The summed E-state index contributed by atoms with van der Waals surface area (Å²) in [4.78, 5) is 30.7. The summed E-state index contributed by atoms with van der Waals surface area (Å²) in [5.74, 6) is -0.520. The Kier molecular flexibility index (Phi) is 7.58.